The number of hydrogen-bond acceptors (Lipinski definition) is 3. The van der Waals surface area contributed by atoms with Crippen molar-refractivity contribution >= 4 is 5.91 Å². The smallest absolute Gasteiger partial charge is 0.252 e. The van der Waals surface area contributed by atoms with Gasteiger partial charge in [0.15, 0.2) is 6.23 Å². The van der Waals surface area contributed by atoms with E-state index in [0.29, 0.717) is 11.8 Å². The van der Waals surface area contributed by atoms with Crippen LogP contribution in [0, 0.1) is 23.7 Å². The summed E-state index contributed by atoms with van der Waals surface area (Å²) in [4.78, 5) is 16.7. The second kappa shape index (κ2) is 2.58. The van der Waals surface area contributed by atoms with Gasteiger partial charge < -0.3 is 5.11 Å². The van der Waals surface area contributed by atoms with Gasteiger partial charge in [0.05, 0.1) is 13.0 Å². The molecule has 76 valence electrons. The van der Waals surface area contributed by atoms with Crippen LogP contribution in [-0.2, 0) is 9.63 Å². The molecule has 0 spiro atoms. The van der Waals surface area contributed by atoms with Gasteiger partial charge in [-0.25, -0.2) is 0 Å². The van der Waals surface area contributed by atoms with Crippen LogP contribution < -0.4 is 0 Å². The predicted molar refractivity (Wildman–Crippen MR) is 47.6 cm³/mol. The van der Waals surface area contributed by atoms with Crippen LogP contribution in [0.2, 0.25) is 0 Å². The van der Waals surface area contributed by atoms with Crippen molar-refractivity contribution in [1.82, 2.24) is 5.06 Å². The van der Waals surface area contributed by atoms with Crippen molar-refractivity contribution in [2.45, 2.75) is 12.6 Å². The van der Waals surface area contributed by atoms with Gasteiger partial charge in [0.1, 0.15) is 0 Å². The zero-order valence-corrected chi connectivity index (χ0v) is 7.96. The molecule has 1 N–H and O–H groups in total. The normalized spacial score (nSPS) is 49.1. The van der Waals surface area contributed by atoms with Crippen molar-refractivity contribution in [2.24, 2.45) is 23.7 Å². The van der Waals surface area contributed by atoms with Crippen LogP contribution in [0.25, 0.3) is 0 Å². The van der Waals surface area contributed by atoms with Crippen LogP contribution >= 0.6 is 0 Å². The van der Waals surface area contributed by atoms with Gasteiger partial charge in [-0.15, -0.1) is 0 Å². The maximum Gasteiger partial charge on any atom is 0.252 e. The first-order chi connectivity index (χ1) is 6.74. The number of allylic oxidation sites excluding steroid dienone is 2. The van der Waals surface area contributed by atoms with Gasteiger partial charge in [0, 0.05) is 5.92 Å². The second-order valence-electron chi connectivity index (χ2n) is 4.31. The minimum absolute atomic E-state index is 0.0417. The van der Waals surface area contributed by atoms with Crippen molar-refractivity contribution in [3.05, 3.63) is 12.2 Å². The third-order valence-corrected chi connectivity index (χ3v) is 3.80. The molecule has 5 unspecified atom stereocenters. The van der Waals surface area contributed by atoms with Crippen LogP contribution in [0.15, 0.2) is 12.2 Å². The molecule has 14 heavy (non-hydrogen) atoms. The molecule has 1 aliphatic heterocycles. The lowest BCUT2D eigenvalue weighted by Crippen LogP contribution is -2.35. The zero-order chi connectivity index (χ0) is 9.87. The van der Waals surface area contributed by atoms with E-state index in [9.17, 15) is 9.90 Å². The molecule has 0 aromatic carbocycles. The van der Waals surface area contributed by atoms with Crippen molar-refractivity contribution in [3.8, 4) is 0 Å². The Bertz CT molecular complexity index is 314. The Labute approximate surface area is 82.1 Å². The number of carbonyl (C=O) groups excluding carboxylic acids is 1. The quantitative estimate of drug-likeness (QED) is 0.606. The number of amides is 1. The van der Waals surface area contributed by atoms with Crippen LogP contribution in [0.4, 0.5) is 0 Å². The molecule has 1 heterocycles. The zero-order valence-electron chi connectivity index (χ0n) is 7.96. The number of hydrogen-bond donors (Lipinski definition) is 1. The van der Waals surface area contributed by atoms with Gasteiger partial charge in [-0.2, -0.15) is 5.06 Å². The fourth-order valence-corrected chi connectivity index (χ4v) is 3.25. The lowest BCUT2D eigenvalue weighted by molar-refractivity contribution is -0.213. The molecule has 0 aromatic rings. The predicted octanol–water partition coefficient (Wildman–Crippen LogP) is 0.147. The summed E-state index contributed by atoms with van der Waals surface area (Å²) in [5.41, 5.74) is 0. The Morgan fingerprint density at radius 2 is 2.21 bits per heavy atom. The van der Waals surface area contributed by atoms with E-state index >= 15 is 0 Å². The lowest BCUT2D eigenvalue weighted by Gasteiger charge is -2.22. The third kappa shape index (κ3) is 0.786. The van der Waals surface area contributed by atoms with E-state index in [-0.39, 0.29) is 17.7 Å². The van der Waals surface area contributed by atoms with Crippen molar-refractivity contribution in [1.29, 1.82) is 0 Å². The average Bonchev–Trinajstić information content (AvgIpc) is 2.80. The highest BCUT2D eigenvalue weighted by Crippen LogP contribution is 2.53. The van der Waals surface area contributed by atoms with E-state index < -0.39 is 6.23 Å². The summed E-state index contributed by atoms with van der Waals surface area (Å²) < 4.78 is 0. The summed E-state index contributed by atoms with van der Waals surface area (Å²) in [5.74, 6) is 0.649. The number of aliphatic hydroxyl groups excluding tert-OH is 1. The summed E-state index contributed by atoms with van der Waals surface area (Å²) >= 11 is 0. The Balaban J connectivity index is 1.97. The molecule has 1 amide bonds. The number of carbonyl (C=O) groups is 1. The maximum atomic E-state index is 11.8. The van der Waals surface area contributed by atoms with Crippen molar-refractivity contribution < 1.29 is 14.7 Å². The van der Waals surface area contributed by atoms with Gasteiger partial charge >= 0.3 is 0 Å². The Morgan fingerprint density at radius 3 is 2.86 bits per heavy atom. The maximum absolute atomic E-state index is 11.8. The molecule has 0 aromatic heterocycles. The molecule has 2 bridgehead atoms. The molecule has 1 saturated heterocycles. The van der Waals surface area contributed by atoms with Crippen LogP contribution in [0.1, 0.15) is 6.42 Å². The summed E-state index contributed by atoms with van der Waals surface area (Å²) in [6, 6.07) is 0. The van der Waals surface area contributed by atoms with Crippen molar-refractivity contribution in [2.75, 3.05) is 7.11 Å². The molecule has 3 aliphatic rings. The van der Waals surface area contributed by atoms with E-state index in [1.54, 1.807) is 0 Å². The summed E-state index contributed by atoms with van der Waals surface area (Å²) in [5, 5.41) is 11.0. The molecule has 4 nitrogen and oxygen atoms in total. The molecule has 5 atom stereocenters. The molecule has 2 aliphatic carbocycles. The molecule has 0 radical (unpaired) electrons. The number of rotatable bonds is 1. The lowest BCUT2D eigenvalue weighted by atomic mass is 9.85. The molecule has 1 saturated carbocycles. The third-order valence-electron chi connectivity index (χ3n) is 3.80. The number of fused-ring (bicyclic) bond motifs is 5. The van der Waals surface area contributed by atoms with E-state index in [1.165, 1.54) is 7.11 Å². The Kier molecular flexibility index (Phi) is 1.56. The van der Waals surface area contributed by atoms with Crippen LogP contribution in [0.3, 0.4) is 0 Å². The summed E-state index contributed by atoms with van der Waals surface area (Å²) in [7, 11) is 1.43. The van der Waals surface area contributed by atoms with Crippen LogP contribution in [-0.4, -0.2) is 29.4 Å². The monoisotopic (exact) mass is 195 g/mol. The Hall–Kier alpha value is -0.870. The minimum atomic E-state index is -0.752. The van der Waals surface area contributed by atoms with E-state index in [0.717, 1.165) is 11.5 Å². The first-order valence-electron chi connectivity index (χ1n) is 4.97. The number of aliphatic hydroxyl groups is 1. The molecular formula is C10H13NO3. The average molecular weight is 195 g/mol. The molecular weight excluding hydrogens is 182 g/mol. The number of nitrogens with zero attached hydrogens (tertiary/aromatic N) is 1. The summed E-state index contributed by atoms with van der Waals surface area (Å²) in [6.45, 7) is 0. The SMILES string of the molecule is CON1C(=O)C2C3C=CC(C3)C2C1O. The van der Waals surface area contributed by atoms with E-state index in [1.807, 2.05) is 0 Å². The van der Waals surface area contributed by atoms with Gasteiger partial charge in [0.25, 0.3) is 5.91 Å². The minimum Gasteiger partial charge on any atom is -0.371 e. The topological polar surface area (TPSA) is 49.8 Å². The number of hydroxylamine groups is 2. The highest BCUT2D eigenvalue weighted by molar-refractivity contribution is 5.82. The first kappa shape index (κ1) is 8.44. The molecule has 3 rings (SSSR count). The second-order valence-corrected chi connectivity index (χ2v) is 4.31. The highest BCUT2D eigenvalue weighted by atomic mass is 16.7. The van der Waals surface area contributed by atoms with E-state index in [4.69, 9.17) is 4.84 Å². The molecule has 2 fully saturated rings. The summed E-state index contributed by atoms with van der Waals surface area (Å²) in [6.07, 6.45) is 4.50. The standard InChI is InChI=1S/C10H13NO3/c1-14-11-9(12)7-5-2-3-6(4-5)8(7)10(11)13/h2-3,5-9,12H,4H2,1H3. The van der Waals surface area contributed by atoms with E-state index in [2.05, 4.69) is 12.2 Å². The van der Waals surface area contributed by atoms with Gasteiger partial charge in [-0.05, 0) is 18.3 Å². The van der Waals surface area contributed by atoms with Gasteiger partial charge in [-0.1, -0.05) is 12.2 Å². The fourth-order valence-electron chi connectivity index (χ4n) is 3.25. The van der Waals surface area contributed by atoms with Crippen LogP contribution in [0.5, 0.6) is 0 Å². The van der Waals surface area contributed by atoms with Gasteiger partial charge in [0.2, 0.25) is 0 Å². The Morgan fingerprint density at radius 1 is 1.50 bits per heavy atom. The largest absolute Gasteiger partial charge is 0.371 e. The fraction of sp³-hybridized carbons (Fsp3) is 0.700. The molecule has 4 heteroatoms. The first-order valence-corrected chi connectivity index (χ1v) is 4.97. The van der Waals surface area contributed by atoms with Crippen molar-refractivity contribution in [3.63, 3.8) is 0 Å². The van der Waals surface area contributed by atoms with Gasteiger partial charge in [-0.3, -0.25) is 9.63 Å². The highest BCUT2D eigenvalue weighted by Gasteiger charge is 2.59.